The smallest absolute Gasteiger partial charge is 0.266 e. The van der Waals surface area contributed by atoms with Crippen LogP contribution in [0.1, 0.15) is 11.5 Å². The Balaban J connectivity index is 1.44. The highest BCUT2D eigenvalue weighted by Gasteiger charge is 2.14. The number of rotatable bonds is 7. The Hall–Kier alpha value is -3.30. The molecule has 0 aliphatic rings. The maximum absolute atomic E-state index is 12.2. The monoisotopic (exact) mass is 438 g/mol. The highest BCUT2D eigenvalue weighted by molar-refractivity contribution is 7.23. The van der Waals surface area contributed by atoms with Gasteiger partial charge in [0.15, 0.2) is 0 Å². The van der Waals surface area contributed by atoms with E-state index in [0.29, 0.717) is 11.5 Å². The van der Waals surface area contributed by atoms with E-state index in [4.69, 9.17) is 4.42 Å². The predicted octanol–water partition coefficient (Wildman–Crippen LogP) is 3.83. The van der Waals surface area contributed by atoms with E-state index in [2.05, 4.69) is 15.4 Å². The molecule has 0 unspecified atom stereocenters. The van der Waals surface area contributed by atoms with Crippen molar-refractivity contribution in [2.45, 2.75) is 13.5 Å². The second-order valence-corrected chi connectivity index (χ2v) is 8.28. The first kappa shape index (κ1) is 20.0. The second kappa shape index (κ2) is 9.02. The van der Waals surface area contributed by atoms with Gasteiger partial charge in [0.25, 0.3) is 5.56 Å². The quantitative estimate of drug-likeness (QED) is 0.443. The third-order valence-corrected chi connectivity index (χ3v) is 6.41. The lowest BCUT2D eigenvalue weighted by atomic mass is 10.3. The zero-order valence-corrected chi connectivity index (χ0v) is 17.7. The van der Waals surface area contributed by atoms with Crippen LogP contribution >= 0.6 is 22.7 Å². The molecule has 0 atom stereocenters. The van der Waals surface area contributed by atoms with Crippen molar-refractivity contribution >= 4 is 34.7 Å². The summed E-state index contributed by atoms with van der Waals surface area (Å²) in [7, 11) is 0. The van der Waals surface area contributed by atoms with Gasteiger partial charge in [-0.05, 0) is 42.6 Å². The summed E-state index contributed by atoms with van der Waals surface area (Å²) in [6.07, 6.45) is 4.51. The van der Waals surface area contributed by atoms with E-state index in [1.165, 1.54) is 23.1 Å². The predicted molar refractivity (Wildman–Crippen MR) is 118 cm³/mol. The Labute approximate surface area is 180 Å². The summed E-state index contributed by atoms with van der Waals surface area (Å²) in [6, 6.07) is 10.7. The average molecular weight is 439 g/mol. The molecule has 152 valence electrons. The summed E-state index contributed by atoms with van der Waals surface area (Å²) in [5.41, 5.74) is 1.34. The molecular formula is C21H18N4O3S2. The van der Waals surface area contributed by atoms with Gasteiger partial charge in [-0.2, -0.15) is 5.10 Å². The lowest BCUT2D eigenvalue weighted by molar-refractivity contribution is -0.116. The highest BCUT2D eigenvalue weighted by Crippen LogP contribution is 2.35. The summed E-state index contributed by atoms with van der Waals surface area (Å²) < 4.78 is 6.49. The molecule has 0 aliphatic carbocycles. The fourth-order valence-corrected chi connectivity index (χ4v) is 4.59. The van der Waals surface area contributed by atoms with Crippen LogP contribution in [0.3, 0.4) is 0 Å². The van der Waals surface area contributed by atoms with E-state index in [-0.39, 0.29) is 24.6 Å². The standard InChI is InChI=1S/C21H18N4O3S2/c1-14-20(30-21(23-14)17-5-3-13-29-17)16-7-9-19(27)25(24-16)11-10-22-18(26)8-6-15-4-2-12-28-15/h2-9,12-13H,10-11H2,1H3,(H,22,26). The number of nitrogens with zero attached hydrogens (tertiary/aromatic N) is 3. The minimum Gasteiger partial charge on any atom is -0.465 e. The van der Waals surface area contributed by atoms with Crippen molar-refractivity contribution in [3.05, 3.63) is 75.9 Å². The van der Waals surface area contributed by atoms with Crippen LogP contribution in [0.5, 0.6) is 0 Å². The van der Waals surface area contributed by atoms with E-state index in [9.17, 15) is 9.59 Å². The number of amides is 1. The van der Waals surface area contributed by atoms with Crippen molar-refractivity contribution in [1.82, 2.24) is 20.1 Å². The molecule has 1 amide bonds. The van der Waals surface area contributed by atoms with Crippen molar-refractivity contribution in [1.29, 1.82) is 0 Å². The molecule has 4 heterocycles. The lowest BCUT2D eigenvalue weighted by Gasteiger charge is -2.07. The zero-order chi connectivity index (χ0) is 20.9. The summed E-state index contributed by atoms with van der Waals surface area (Å²) in [5, 5.41) is 10.2. The van der Waals surface area contributed by atoms with Crippen LogP contribution in [0.15, 0.2) is 63.3 Å². The van der Waals surface area contributed by atoms with Gasteiger partial charge in [-0.3, -0.25) is 9.59 Å². The number of nitrogens with one attached hydrogen (secondary N) is 1. The van der Waals surface area contributed by atoms with Crippen LogP contribution in [-0.4, -0.2) is 27.2 Å². The molecule has 0 fully saturated rings. The van der Waals surface area contributed by atoms with Gasteiger partial charge >= 0.3 is 0 Å². The summed E-state index contributed by atoms with van der Waals surface area (Å²) in [5.74, 6) is 0.326. The SMILES string of the molecule is Cc1nc(-c2cccs2)sc1-c1ccc(=O)n(CCNC(=O)C=Cc2ccco2)n1. The van der Waals surface area contributed by atoms with Gasteiger partial charge in [-0.15, -0.1) is 22.7 Å². The van der Waals surface area contributed by atoms with Crippen LogP contribution in [-0.2, 0) is 11.3 Å². The minimum atomic E-state index is -0.269. The van der Waals surface area contributed by atoms with Crippen LogP contribution < -0.4 is 10.9 Å². The number of hydrogen-bond acceptors (Lipinski definition) is 7. The number of hydrogen-bond donors (Lipinski definition) is 1. The molecule has 0 aromatic carbocycles. The van der Waals surface area contributed by atoms with Gasteiger partial charge in [-0.25, -0.2) is 9.67 Å². The molecule has 4 aromatic rings. The van der Waals surface area contributed by atoms with Gasteiger partial charge in [0.2, 0.25) is 5.91 Å². The zero-order valence-electron chi connectivity index (χ0n) is 16.1. The van der Waals surface area contributed by atoms with E-state index in [0.717, 1.165) is 20.5 Å². The maximum Gasteiger partial charge on any atom is 0.266 e. The van der Waals surface area contributed by atoms with E-state index >= 15 is 0 Å². The Morgan fingerprint density at radius 2 is 2.17 bits per heavy atom. The first-order chi connectivity index (χ1) is 14.6. The number of carbonyl (C=O) groups excluding carboxylic acids is 1. The Kier molecular flexibility index (Phi) is 6.01. The maximum atomic E-state index is 12.2. The van der Waals surface area contributed by atoms with E-state index in [1.807, 2.05) is 24.4 Å². The molecular weight excluding hydrogens is 420 g/mol. The molecule has 0 aliphatic heterocycles. The summed E-state index contributed by atoms with van der Waals surface area (Å²) in [6.45, 7) is 2.48. The molecule has 30 heavy (non-hydrogen) atoms. The summed E-state index contributed by atoms with van der Waals surface area (Å²) in [4.78, 5) is 30.8. The van der Waals surface area contributed by atoms with E-state index in [1.54, 1.807) is 46.9 Å². The molecule has 7 nitrogen and oxygen atoms in total. The first-order valence-electron chi connectivity index (χ1n) is 9.19. The average Bonchev–Trinajstić information content (AvgIpc) is 3.50. The van der Waals surface area contributed by atoms with E-state index < -0.39 is 0 Å². The normalized spacial score (nSPS) is 11.2. The lowest BCUT2D eigenvalue weighted by Crippen LogP contribution is -2.31. The molecule has 1 N–H and O–H groups in total. The Morgan fingerprint density at radius 3 is 2.93 bits per heavy atom. The van der Waals surface area contributed by atoms with Crippen molar-refractivity contribution in [3.63, 3.8) is 0 Å². The van der Waals surface area contributed by atoms with Crippen LogP contribution in [0.4, 0.5) is 0 Å². The number of furan rings is 1. The minimum absolute atomic E-state index is 0.222. The van der Waals surface area contributed by atoms with Crippen LogP contribution in [0, 0.1) is 6.92 Å². The highest BCUT2D eigenvalue weighted by atomic mass is 32.1. The molecule has 4 aromatic heterocycles. The van der Waals surface area contributed by atoms with Gasteiger partial charge in [0, 0.05) is 18.7 Å². The largest absolute Gasteiger partial charge is 0.465 e. The van der Waals surface area contributed by atoms with Crippen molar-refractivity contribution in [3.8, 4) is 20.5 Å². The molecule has 0 bridgehead atoms. The number of thiophene rings is 1. The molecule has 0 spiro atoms. The van der Waals surface area contributed by atoms with Crippen molar-refractivity contribution in [2.24, 2.45) is 0 Å². The van der Waals surface area contributed by atoms with Gasteiger partial charge < -0.3 is 9.73 Å². The van der Waals surface area contributed by atoms with Crippen LogP contribution in [0.2, 0.25) is 0 Å². The second-order valence-electron chi connectivity index (χ2n) is 6.33. The molecule has 0 radical (unpaired) electrons. The third kappa shape index (κ3) is 4.64. The Morgan fingerprint density at radius 1 is 1.27 bits per heavy atom. The van der Waals surface area contributed by atoms with Gasteiger partial charge in [-0.1, -0.05) is 6.07 Å². The van der Waals surface area contributed by atoms with Gasteiger partial charge in [0.05, 0.1) is 28.3 Å². The topological polar surface area (TPSA) is 90.0 Å². The number of aryl methyl sites for hydroxylation is 1. The van der Waals surface area contributed by atoms with Crippen molar-refractivity contribution < 1.29 is 9.21 Å². The number of carbonyl (C=O) groups is 1. The number of thiazole rings is 1. The molecule has 4 rings (SSSR count). The fourth-order valence-electron chi connectivity index (χ4n) is 2.76. The first-order valence-corrected chi connectivity index (χ1v) is 10.9. The van der Waals surface area contributed by atoms with Crippen LogP contribution in [0.25, 0.3) is 26.5 Å². The summed E-state index contributed by atoms with van der Waals surface area (Å²) >= 11 is 3.19. The molecule has 9 heteroatoms. The third-order valence-electron chi connectivity index (χ3n) is 4.19. The number of aromatic nitrogens is 3. The van der Waals surface area contributed by atoms with Crippen molar-refractivity contribution in [2.75, 3.05) is 6.54 Å². The Bertz CT molecular complexity index is 1220. The molecule has 0 saturated carbocycles. The molecule has 0 saturated heterocycles. The fraction of sp³-hybridized carbons (Fsp3) is 0.143. The van der Waals surface area contributed by atoms with Gasteiger partial charge in [0.1, 0.15) is 16.5 Å².